The molecular weight excluding hydrogens is 270 g/mol. The molecule has 0 saturated heterocycles. The number of hydrogen-bond acceptors (Lipinski definition) is 3. The first-order chi connectivity index (χ1) is 8.35. The van der Waals surface area contributed by atoms with Gasteiger partial charge in [0.05, 0.1) is 4.90 Å². The average Bonchev–Trinajstić information content (AvgIpc) is 2.29. The van der Waals surface area contributed by atoms with Crippen molar-refractivity contribution in [3.8, 4) is 0 Å². The molecule has 1 aromatic carbocycles. The number of allylic oxidation sites excluding steroid dienone is 2. The molecule has 18 heavy (non-hydrogen) atoms. The van der Waals surface area contributed by atoms with Gasteiger partial charge in [0, 0.05) is 11.5 Å². The van der Waals surface area contributed by atoms with Gasteiger partial charge in [-0.15, -0.1) is 0 Å². The Balaban J connectivity index is 2.49. The topological polar surface area (TPSA) is 60.2 Å². The minimum atomic E-state index is -3.65. The summed E-state index contributed by atoms with van der Waals surface area (Å²) in [7, 11) is -3.65. The van der Waals surface area contributed by atoms with Gasteiger partial charge in [-0.2, -0.15) is 0 Å². The van der Waals surface area contributed by atoms with E-state index in [4.69, 9.17) is 17.3 Å². The van der Waals surface area contributed by atoms with E-state index < -0.39 is 14.7 Å². The fraction of sp³-hybridized carbons (Fsp3) is 0.231. The number of benzene rings is 1. The van der Waals surface area contributed by atoms with Crippen molar-refractivity contribution in [1.29, 1.82) is 0 Å². The molecule has 0 heterocycles. The van der Waals surface area contributed by atoms with Gasteiger partial charge in [-0.3, -0.25) is 0 Å². The molecule has 1 aliphatic rings. The molecule has 2 N–H and O–H groups in total. The fourth-order valence-electron chi connectivity index (χ4n) is 1.82. The minimum Gasteiger partial charge on any atom is -0.309 e. The van der Waals surface area contributed by atoms with Crippen LogP contribution in [0.25, 0.3) is 0 Å². The van der Waals surface area contributed by atoms with Crippen molar-refractivity contribution in [2.75, 3.05) is 0 Å². The van der Waals surface area contributed by atoms with Crippen LogP contribution >= 0.6 is 11.6 Å². The molecule has 0 saturated carbocycles. The van der Waals surface area contributed by atoms with Gasteiger partial charge < -0.3 is 5.73 Å². The number of nitrogens with two attached hydrogens (primary N) is 1. The van der Waals surface area contributed by atoms with Crippen molar-refractivity contribution in [3.63, 3.8) is 0 Å². The first-order valence-corrected chi connectivity index (χ1v) is 7.36. The van der Waals surface area contributed by atoms with Crippen LogP contribution in [0.3, 0.4) is 0 Å². The van der Waals surface area contributed by atoms with Crippen LogP contribution in [0.5, 0.6) is 0 Å². The molecule has 0 spiro atoms. The van der Waals surface area contributed by atoms with Crippen LogP contribution < -0.4 is 5.73 Å². The number of aryl methyl sites for hydroxylation is 1. The van der Waals surface area contributed by atoms with Crippen molar-refractivity contribution in [2.24, 2.45) is 5.73 Å². The fourth-order valence-corrected chi connectivity index (χ4v) is 3.70. The van der Waals surface area contributed by atoms with Crippen LogP contribution in [-0.4, -0.2) is 13.3 Å². The number of hydrogen-bond donors (Lipinski definition) is 1. The summed E-state index contributed by atoms with van der Waals surface area (Å²) in [6, 6.07) is 6.64. The van der Waals surface area contributed by atoms with Crippen LogP contribution in [0.15, 0.2) is 52.4 Å². The van der Waals surface area contributed by atoms with Gasteiger partial charge in [0.15, 0.2) is 0 Å². The highest BCUT2D eigenvalue weighted by atomic mass is 35.5. The van der Waals surface area contributed by atoms with Crippen LogP contribution in [0.1, 0.15) is 12.0 Å². The van der Waals surface area contributed by atoms with Crippen molar-refractivity contribution < 1.29 is 8.42 Å². The molecule has 3 nitrogen and oxygen atoms in total. The van der Waals surface area contributed by atoms with E-state index in [1.165, 1.54) is 6.08 Å². The lowest BCUT2D eigenvalue weighted by molar-refractivity contribution is 0.555. The molecule has 96 valence electrons. The Morgan fingerprint density at radius 2 is 1.89 bits per heavy atom. The third kappa shape index (κ3) is 2.23. The highest BCUT2D eigenvalue weighted by molar-refractivity contribution is 7.93. The van der Waals surface area contributed by atoms with E-state index in [0.29, 0.717) is 5.03 Å². The molecule has 1 atom stereocenters. The van der Waals surface area contributed by atoms with E-state index >= 15 is 0 Å². The summed E-state index contributed by atoms with van der Waals surface area (Å²) in [6.07, 6.45) is 4.94. The number of halogens is 1. The predicted octanol–water partition coefficient (Wildman–Crippen LogP) is 2.51. The normalized spacial score (nSPS) is 23.8. The summed E-state index contributed by atoms with van der Waals surface area (Å²) in [6.45, 7) is 1.90. The first-order valence-electron chi connectivity index (χ1n) is 5.50. The van der Waals surface area contributed by atoms with E-state index in [2.05, 4.69) is 0 Å². The maximum atomic E-state index is 12.5. The molecule has 2 rings (SSSR count). The van der Waals surface area contributed by atoms with Gasteiger partial charge in [0.25, 0.3) is 0 Å². The Hall–Kier alpha value is -1.10. The number of sulfone groups is 1. The SMILES string of the molecule is Cc1ccc(S(=O)(=O)C2(N)C=C(Cl)C=CC2)cc1. The Morgan fingerprint density at radius 1 is 1.28 bits per heavy atom. The zero-order chi connectivity index (χ0) is 13.4. The molecular formula is C13H14ClNO2S. The maximum absolute atomic E-state index is 12.5. The molecule has 1 aromatic rings. The second-order valence-electron chi connectivity index (χ2n) is 4.41. The van der Waals surface area contributed by atoms with Gasteiger partial charge in [0.2, 0.25) is 9.84 Å². The quantitative estimate of drug-likeness (QED) is 0.907. The molecule has 5 heteroatoms. The Bertz CT molecular complexity index is 617. The minimum absolute atomic E-state index is 0.214. The summed E-state index contributed by atoms with van der Waals surface area (Å²) < 4.78 is 25.0. The van der Waals surface area contributed by atoms with E-state index in [9.17, 15) is 8.42 Å². The van der Waals surface area contributed by atoms with Crippen molar-refractivity contribution >= 4 is 21.4 Å². The summed E-state index contributed by atoms with van der Waals surface area (Å²) in [5.41, 5.74) is 6.99. The third-order valence-corrected chi connectivity index (χ3v) is 5.34. The lowest BCUT2D eigenvalue weighted by atomic mass is 10.1. The summed E-state index contributed by atoms with van der Waals surface area (Å²) in [4.78, 5) is -1.25. The highest BCUT2D eigenvalue weighted by Gasteiger charge is 2.39. The second-order valence-corrected chi connectivity index (χ2v) is 7.08. The van der Waals surface area contributed by atoms with Gasteiger partial charge in [0.1, 0.15) is 4.87 Å². The van der Waals surface area contributed by atoms with Gasteiger partial charge in [-0.1, -0.05) is 35.4 Å². The molecule has 0 aliphatic heterocycles. The lowest BCUT2D eigenvalue weighted by Crippen LogP contribution is -2.46. The smallest absolute Gasteiger partial charge is 0.200 e. The highest BCUT2D eigenvalue weighted by Crippen LogP contribution is 2.31. The molecule has 1 unspecified atom stereocenters. The van der Waals surface area contributed by atoms with Crippen molar-refractivity contribution in [2.45, 2.75) is 23.1 Å². The first kappa shape index (κ1) is 13.3. The largest absolute Gasteiger partial charge is 0.309 e. The van der Waals surface area contributed by atoms with E-state index in [0.717, 1.165) is 5.56 Å². The van der Waals surface area contributed by atoms with Gasteiger partial charge in [-0.25, -0.2) is 8.42 Å². The molecule has 0 aromatic heterocycles. The standard InChI is InChI=1S/C13H14ClNO2S/c1-10-4-6-12(7-5-10)18(16,17)13(15)8-2-3-11(14)9-13/h2-7,9H,8,15H2,1H3. The van der Waals surface area contributed by atoms with Gasteiger partial charge >= 0.3 is 0 Å². The van der Waals surface area contributed by atoms with E-state index in [-0.39, 0.29) is 11.3 Å². The lowest BCUT2D eigenvalue weighted by Gasteiger charge is -2.27. The molecule has 1 aliphatic carbocycles. The average molecular weight is 284 g/mol. The van der Waals surface area contributed by atoms with E-state index in [1.807, 2.05) is 6.92 Å². The van der Waals surface area contributed by atoms with Crippen LogP contribution in [-0.2, 0) is 9.84 Å². The zero-order valence-corrected chi connectivity index (χ0v) is 11.5. The summed E-state index contributed by atoms with van der Waals surface area (Å²) in [5.74, 6) is 0. The van der Waals surface area contributed by atoms with E-state index in [1.54, 1.807) is 36.4 Å². The predicted molar refractivity (Wildman–Crippen MR) is 73.0 cm³/mol. The van der Waals surface area contributed by atoms with Crippen molar-refractivity contribution in [3.05, 3.63) is 53.1 Å². The zero-order valence-electron chi connectivity index (χ0n) is 9.93. The Kier molecular flexibility index (Phi) is 3.36. The summed E-state index contributed by atoms with van der Waals surface area (Å²) in [5, 5.41) is 0.347. The maximum Gasteiger partial charge on any atom is 0.200 e. The molecule has 0 radical (unpaired) electrons. The Labute approximate surface area is 112 Å². The van der Waals surface area contributed by atoms with Crippen LogP contribution in [0, 0.1) is 6.92 Å². The Morgan fingerprint density at radius 3 is 2.44 bits per heavy atom. The number of rotatable bonds is 2. The molecule has 0 fully saturated rings. The van der Waals surface area contributed by atoms with Crippen molar-refractivity contribution in [1.82, 2.24) is 0 Å². The summed E-state index contributed by atoms with van der Waals surface area (Å²) >= 11 is 5.85. The second kappa shape index (κ2) is 4.53. The van der Waals surface area contributed by atoms with Gasteiger partial charge in [-0.05, 0) is 31.2 Å². The van der Waals surface area contributed by atoms with Crippen LogP contribution in [0.2, 0.25) is 0 Å². The third-order valence-electron chi connectivity index (χ3n) is 2.93. The molecule has 0 bridgehead atoms. The monoisotopic (exact) mass is 283 g/mol. The van der Waals surface area contributed by atoms with Crippen LogP contribution in [0.4, 0.5) is 0 Å². The molecule has 0 amide bonds.